The number of hydrogen-bond donors (Lipinski definition) is 1. The lowest BCUT2D eigenvalue weighted by molar-refractivity contribution is 0.183. The molecule has 2 N–H and O–H groups in total. The van der Waals surface area contributed by atoms with Gasteiger partial charge in [-0.1, -0.05) is 31.3 Å². The van der Waals surface area contributed by atoms with E-state index in [0.29, 0.717) is 24.1 Å². The van der Waals surface area contributed by atoms with Crippen molar-refractivity contribution >= 4 is 17.2 Å². The molecule has 1 aromatic carbocycles. The molecular weight excluding hydrogens is 256 g/mol. The molecule has 0 bridgehead atoms. The fourth-order valence-electron chi connectivity index (χ4n) is 1.97. The Morgan fingerprint density at radius 1 is 1.32 bits per heavy atom. The van der Waals surface area contributed by atoms with E-state index >= 15 is 0 Å². The number of ether oxygens (including phenoxy) is 1. The molecule has 0 aliphatic rings. The molecule has 0 saturated carbocycles. The molecular formula is C15H24N2OS. The van der Waals surface area contributed by atoms with Gasteiger partial charge in [0.2, 0.25) is 0 Å². The molecule has 0 aromatic heterocycles. The third-order valence-corrected chi connectivity index (χ3v) is 3.23. The lowest BCUT2D eigenvalue weighted by Crippen LogP contribution is -2.34. The topological polar surface area (TPSA) is 38.5 Å². The van der Waals surface area contributed by atoms with Crippen molar-refractivity contribution in [1.29, 1.82) is 0 Å². The van der Waals surface area contributed by atoms with Gasteiger partial charge < -0.3 is 10.5 Å². The number of nitrogens with two attached hydrogens (primary N) is 1. The summed E-state index contributed by atoms with van der Waals surface area (Å²) in [7, 11) is 0. The van der Waals surface area contributed by atoms with Crippen molar-refractivity contribution in [2.75, 3.05) is 19.7 Å². The van der Waals surface area contributed by atoms with Crippen LogP contribution >= 0.6 is 12.2 Å². The van der Waals surface area contributed by atoms with Crippen molar-refractivity contribution in [3.63, 3.8) is 0 Å². The highest BCUT2D eigenvalue weighted by molar-refractivity contribution is 7.80. The lowest BCUT2D eigenvalue weighted by Gasteiger charge is -2.24. The molecule has 19 heavy (non-hydrogen) atoms. The normalized spacial score (nSPS) is 11.0. The first kappa shape index (κ1) is 15.9. The van der Waals surface area contributed by atoms with Crippen LogP contribution in [-0.4, -0.2) is 35.6 Å². The van der Waals surface area contributed by atoms with Crippen LogP contribution in [0.5, 0.6) is 5.75 Å². The zero-order chi connectivity index (χ0) is 14.3. The van der Waals surface area contributed by atoms with E-state index in [-0.39, 0.29) is 0 Å². The number of nitrogens with zero attached hydrogens (tertiary/aromatic N) is 1. The molecule has 0 heterocycles. The molecule has 0 amide bonds. The van der Waals surface area contributed by atoms with E-state index < -0.39 is 0 Å². The first-order valence-electron chi connectivity index (χ1n) is 6.77. The maximum Gasteiger partial charge on any atom is 0.119 e. The zero-order valence-electron chi connectivity index (χ0n) is 12.1. The van der Waals surface area contributed by atoms with E-state index in [0.717, 1.165) is 24.4 Å². The van der Waals surface area contributed by atoms with Gasteiger partial charge in [-0.05, 0) is 38.1 Å². The van der Waals surface area contributed by atoms with E-state index in [1.165, 1.54) is 0 Å². The van der Waals surface area contributed by atoms with Crippen molar-refractivity contribution in [2.24, 2.45) is 5.73 Å². The standard InChI is InChI=1S/C15H24N2OS/c1-4-17(12(2)3)9-10-18-14-7-5-13(6-8-14)11-15(16)19/h5-8,12H,4,9-11H2,1-3H3,(H2,16,19). The Labute approximate surface area is 121 Å². The molecule has 3 nitrogen and oxygen atoms in total. The van der Waals surface area contributed by atoms with Crippen molar-refractivity contribution in [1.82, 2.24) is 4.90 Å². The monoisotopic (exact) mass is 280 g/mol. The second-order valence-corrected chi connectivity index (χ2v) is 5.38. The Kier molecular flexibility index (Phi) is 6.81. The van der Waals surface area contributed by atoms with Gasteiger partial charge in [0, 0.05) is 19.0 Å². The summed E-state index contributed by atoms with van der Waals surface area (Å²) in [6.07, 6.45) is 0.645. The number of hydrogen-bond acceptors (Lipinski definition) is 3. The third kappa shape index (κ3) is 6.03. The fourth-order valence-corrected chi connectivity index (χ4v) is 2.13. The molecule has 0 spiro atoms. The van der Waals surface area contributed by atoms with Crippen LogP contribution in [0, 0.1) is 0 Å². The van der Waals surface area contributed by atoms with Crippen LogP contribution in [0.3, 0.4) is 0 Å². The molecule has 0 aliphatic carbocycles. The predicted molar refractivity (Wildman–Crippen MR) is 84.8 cm³/mol. The second kappa shape index (κ2) is 8.12. The summed E-state index contributed by atoms with van der Waals surface area (Å²) in [6.45, 7) is 9.28. The summed E-state index contributed by atoms with van der Waals surface area (Å²) < 4.78 is 5.74. The smallest absolute Gasteiger partial charge is 0.119 e. The summed E-state index contributed by atoms with van der Waals surface area (Å²) in [5.41, 5.74) is 6.64. The zero-order valence-corrected chi connectivity index (χ0v) is 12.9. The largest absolute Gasteiger partial charge is 0.492 e. The van der Waals surface area contributed by atoms with Gasteiger partial charge in [0.25, 0.3) is 0 Å². The SMILES string of the molecule is CCN(CCOc1ccc(CC(N)=S)cc1)C(C)C. The van der Waals surface area contributed by atoms with E-state index in [4.69, 9.17) is 22.7 Å². The van der Waals surface area contributed by atoms with Crippen LogP contribution in [0.2, 0.25) is 0 Å². The van der Waals surface area contributed by atoms with Gasteiger partial charge in [-0.3, -0.25) is 4.90 Å². The molecule has 1 rings (SSSR count). The van der Waals surface area contributed by atoms with Gasteiger partial charge in [0.15, 0.2) is 0 Å². The minimum Gasteiger partial charge on any atom is -0.492 e. The molecule has 4 heteroatoms. The van der Waals surface area contributed by atoms with Crippen LogP contribution in [0.4, 0.5) is 0 Å². The molecule has 0 radical (unpaired) electrons. The average Bonchev–Trinajstić information content (AvgIpc) is 2.35. The van der Waals surface area contributed by atoms with Crippen molar-refractivity contribution in [3.05, 3.63) is 29.8 Å². The second-order valence-electron chi connectivity index (χ2n) is 4.86. The van der Waals surface area contributed by atoms with Crippen LogP contribution < -0.4 is 10.5 Å². The van der Waals surface area contributed by atoms with Crippen molar-refractivity contribution in [3.8, 4) is 5.75 Å². The quantitative estimate of drug-likeness (QED) is 0.743. The molecule has 0 unspecified atom stereocenters. The molecule has 0 fully saturated rings. The van der Waals surface area contributed by atoms with E-state index in [1.54, 1.807) is 0 Å². The highest BCUT2D eigenvalue weighted by Gasteiger charge is 2.06. The molecule has 0 saturated heterocycles. The number of rotatable bonds is 8. The number of benzene rings is 1. The van der Waals surface area contributed by atoms with E-state index in [9.17, 15) is 0 Å². The number of thiocarbonyl (C=S) groups is 1. The maximum absolute atomic E-state index is 5.74. The minimum atomic E-state index is 0.518. The van der Waals surface area contributed by atoms with Crippen molar-refractivity contribution < 1.29 is 4.74 Å². The van der Waals surface area contributed by atoms with Gasteiger partial charge in [-0.25, -0.2) is 0 Å². The molecule has 0 aliphatic heterocycles. The predicted octanol–water partition coefficient (Wildman–Crippen LogP) is 2.62. The Hall–Kier alpha value is -1.13. The Bertz CT molecular complexity index is 390. The van der Waals surface area contributed by atoms with Crippen LogP contribution in [0.25, 0.3) is 0 Å². The molecule has 0 atom stereocenters. The Balaban J connectivity index is 2.39. The van der Waals surface area contributed by atoms with Crippen LogP contribution in [-0.2, 0) is 6.42 Å². The van der Waals surface area contributed by atoms with Gasteiger partial charge >= 0.3 is 0 Å². The molecule has 1 aromatic rings. The maximum atomic E-state index is 5.74. The van der Waals surface area contributed by atoms with E-state index in [2.05, 4.69) is 25.7 Å². The van der Waals surface area contributed by atoms with Gasteiger partial charge in [0.05, 0.1) is 4.99 Å². The summed E-state index contributed by atoms with van der Waals surface area (Å²) in [4.78, 5) is 2.89. The van der Waals surface area contributed by atoms with E-state index in [1.807, 2.05) is 24.3 Å². The molecule has 106 valence electrons. The minimum absolute atomic E-state index is 0.518. The number of likely N-dealkylation sites (N-methyl/N-ethyl adjacent to an activating group) is 1. The summed E-state index contributed by atoms with van der Waals surface area (Å²) >= 11 is 4.89. The highest BCUT2D eigenvalue weighted by atomic mass is 32.1. The average molecular weight is 280 g/mol. The van der Waals surface area contributed by atoms with Crippen LogP contribution in [0.15, 0.2) is 24.3 Å². The van der Waals surface area contributed by atoms with Crippen LogP contribution in [0.1, 0.15) is 26.3 Å². The summed E-state index contributed by atoms with van der Waals surface area (Å²) in [5, 5.41) is 0. The summed E-state index contributed by atoms with van der Waals surface area (Å²) in [5.74, 6) is 0.895. The fraction of sp³-hybridized carbons (Fsp3) is 0.533. The van der Waals surface area contributed by atoms with Gasteiger partial charge in [-0.15, -0.1) is 0 Å². The van der Waals surface area contributed by atoms with Gasteiger partial charge in [0.1, 0.15) is 12.4 Å². The van der Waals surface area contributed by atoms with Crippen molar-refractivity contribution in [2.45, 2.75) is 33.2 Å². The Morgan fingerprint density at radius 2 is 1.95 bits per heavy atom. The van der Waals surface area contributed by atoms with Gasteiger partial charge in [-0.2, -0.15) is 0 Å². The summed E-state index contributed by atoms with van der Waals surface area (Å²) in [6, 6.07) is 8.52. The third-order valence-electron chi connectivity index (χ3n) is 3.09. The first-order valence-corrected chi connectivity index (χ1v) is 7.17. The Morgan fingerprint density at radius 3 is 2.42 bits per heavy atom. The first-order chi connectivity index (χ1) is 9.02. The highest BCUT2D eigenvalue weighted by Crippen LogP contribution is 2.12. The lowest BCUT2D eigenvalue weighted by atomic mass is 10.1.